The SMILES string of the molecule is CCCNCCC(C)(C)c1ccc2cccnc2c1. The summed E-state index contributed by atoms with van der Waals surface area (Å²) in [6, 6.07) is 10.8. The van der Waals surface area contributed by atoms with E-state index >= 15 is 0 Å². The van der Waals surface area contributed by atoms with E-state index in [2.05, 4.69) is 55.3 Å². The van der Waals surface area contributed by atoms with Crippen LogP contribution in [0.3, 0.4) is 0 Å². The van der Waals surface area contributed by atoms with Crippen LogP contribution in [0, 0.1) is 0 Å². The number of benzene rings is 1. The lowest BCUT2D eigenvalue weighted by Crippen LogP contribution is -2.25. The molecule has 19 heavy (non-hydrogen) atoms. The molecule has 0 radical (unpaired) electrons. The van der Waals surface area contributed by atoms with Crippen LogP contribution in [0.25, 0.3) is 10.9 Å². The molecule has 1 aromatic heterocycles. The van der Waals surface area contributed by atoms with E-state index in [0.717, 1.165) is 25.0 Å². The van der Waals surface area contributed by atoms with Crippen LogP contribution in [0.2, 0.25) is 0 Å². The molecule has 2 heteroatoms. The fraction of sp³-hybridized carbons (Fsp3) is 0.471. The summed E-state index contributed by atoms with van der Waals surface area (Å²) in [5, 5.41) is 4.70. The molecule has 0 saturated carbocycles. The molecule has 2 aromatic rings. The average Bonchev–Trinajstić information content (AvgIpc) is 2.43. The first-order chi connectivity index (χ1) is 9.13. The molecule has 0 unspecified atom stereocenters. The standard InChI is InChI=1S/C17H24N2/c1-4-10-18-12-9-17(2,3)15-8-7-14-6-5-11-19-16(14)13-15/h5-8,11,13,18H,4,9-10,12H2,1-3H3. The number of nitrogens with zero attached hydrogens (tertiary/aromatic N) is 1. The molecule has 0 amide bonds. The summed E-state index contributed by atoms with van der Waals surface area (Å²) in [6.45, 7) is 9.00. The fourth-order valence-corrected chi connectivity index (χ4v) is 2.33. The van der Waals surface area contributed by atoms with Crippen LogP contribution >= 0.6 is 0 Å². The van der Waals surface area contributed by atoms with Crippen molar-refractivity contribution < 1.29 is 0 Å². The number of hydrogen-bond donors (Lipinski definition) is 1. The zero-order chi connectivity index (χ0) is 13.7. The van der Waals surface area contributed by atoms with Gasteiger partial charge in [-0.15, -0.1) is 0 Å². The highest BCUT2D eigenvalue weighted by atomic mass is 14.8. The van der Waals surface area contributed by atoms with E-state index in [0.29, 0.717) is 0 Å². The monoisotopic (exact) mass is 256 g/mol. The van der Waals surface area contributed by atoms with E-state index in [9.17, 15) is 0 Å². The summed E-state index contributed by atoms with van der Waals surface area (Å²) in [6.07, 6.45) is 4.20. The van der Waals surface area contributed by atoms with Crippen LogP contribution in [0.15, 0.2) is 36.5 Å². The summed E-state index contributed by atoms with van der Waals surface area (Å²) in [5.74, 6) is 0. The van der Waals surface area contributed by atoms with Gasteiger partial charge in [0.1, 0.15) is 0 Å². The summed E-state index contributed by atoms with van der Waals surface area (Å²) in [7, 11) is 0. The van der Waals surface area contributed by atoms with Gasteiger partial charge in [0.05, 0.1) is 5.52 Å². The van der Waals surface area contributed by atoms with Gasteiger partial charge in [-0.05, 0) is 49.0 Å². The Labute approximate surface area is 116 Å². The Bertz CT molecular complexity index is 532. The molecule has 1 heterocycles. The van der Waals surface area contributed by atoms with Crippen molar-refractivity contribution in [3.8, 4) is 0 Å². The number of fused-ring (bicyclic) bond motifs is 1. The van der Waals surface area contributed by atoms with Gasteiger partial charge in [-0.3, -0.25) is 4.98 Å². The number of hydrogen-bond acceptors (Lipinski definition) is 2. The summed E-state index contributed by atoms with van der Waals surface area (Å²) < 4.78 is 0. The topological polar surface area (TPSA) is 24.9 Å². The number of nitrogens with one attached hydrogen (secondary N) is 1. The van der Waals surface area contributed by atoms with Crippen molar-refractivity contribution in [2.75, 3.05) is 13.1 Å². The van der Waals surface area contributed by atoms with Gasteiger partial charge in [-0.25, -0.2) is 0 Å². The molecule has 0 aliphatic carbocycles. The Hall–Kier alpha value is -1.41. The van der Waals surface area contributed by atoms with Gasteiger partial charge in [0.25, 0.3) is 0 Å². The second-order valence-electron chi connectivity index (χ2n) is 5.79. The van der Waals surface area contributed by atoms with Crippen molar-refractivity contribution in [3.63, 3.8) is 0 Å². The quantitative estimate of drug-likeness (QED) is 0.793. The lowest BCUT2D eigenvalue weighted by Gasteiger charge is -2.25. The number of aromatic nitrogens is 1. The highest BCUT2D eigenvalue weighted by Gasteiger charge is 2.20. The predicted octanol–water partition coefficient (Wildman–Crippen LogP) is 3.90. The normalized spacial score (nSPS) is 11.9. The molecular formula is C17H24N2. The minimum Gasteiger partial charge on any atom is -0.317 e. The van der Waals surface area contributed by atoms with Crippen LogP contribution in [0.5, 0.6) is 0 Å². The zero-order valence-electron chi connectivity index (χ0n) is 12.2. The molecule has 0 spiro atoms. The Balaban J connectivity index is 2.12. The summed E-state index contributed by atoms with van der Waals surface area (Å²) in [4.78, 5) is 4.45. The van der Waals surface area contributed by atoms with Crippen molar-refractivity contribution in [2.24, 2.45) is 0 Å². The molecule has 102 valence electrons. The van der Waals surface area contributed by atoms with E-state index in [1.807, 2.05) is 12.3 Å². The third-order valence-corrected chi connectivity index (χ3v) is 3.74. The Morgan fingerprint density at radius 1 is 1.16 bits per heavy atom. The van der Waals surface area contributed by atoms with Crippen LogP contribution in [-0.4, -0.2) is 18.1 Å². The highest BCUT2D eigenvalue weighted by Crippen LogP contribution is 2.28. The van der Waals surface area contributed by atoms with Gasteiger partial charge in [-0.1, -0.05) is 39.0 Å². The van der Waals surface area contributed by atoms with Crippen LogP contribution in [-0.2, 0) is 5.41 Å². The molecule has 1 aromatic carbocycles. The molecule has 2 rings (SSSR count). The fourth-order valence-electron chi connectivity index (χ4n) is 2.33. The molecule has 0 atom stereocenters. The second-order valence-corrected chi connectivity index (χ2v) is 5.79. The predicted molar refractivity (Wildman–Crippen MR) is 82.5 cm³/mol. The first kappa shape index (κ1) is 14.0. The smallest absolute Gasteiger partial charge is 0.0704 e. The minimum atomic E-state index is 0.187. The molecular weight excluding hydrogens is 232 g/mol. The molecule has 2 nitrogen and oxygen atoms in total. The van der Waals surface area contributed by atoms with Gasteiger partial charge in [0.2, 0.25) is 0 Å². The Morgan fingerprint density at radius 2 is 2.00 bits per heavy atom. The number of pyridine rings is 1. The third-order valence-electron chi connectivity index (χ3n) is 3.74. The molecule has 0 aliphatic heterocycles. The van der Waals surface area contributed by atoms with Crippen molar-refractivity contribution in [3.05, 3.63) is 42.1 Å². The van der Waals surface area contributed by atoms with Crippen molar-refractivity contribution in [2.45, 2.75) is 39.0 Å². The summed E-state index contributed by atoms with van der Waals surface area (Å²) in [5.41, 5.74) is 2.65. The first-order valence-corrected chi connectivity index (χ1v) is 7.19. The maximum absolute atomic E-state index is 4.45. The third kappa shape index (κ3) is 3.54. The van der Waals surface area contributed by atoms with Gasteiger partial charge < -0.3 is 5.32 Å². The first-order valence-electron chi connectivity index (χ1n) is 7.19. The Kier molecular flexibility index (Phi) is 4.54. The molecule has 1 N–H and O–H groups in total. The largest absolute Gasteiger partial charge is 0.317 e. The van der Waals surface area contributed by atoms with E-state index in [-0.39, 0.29) is 5.41 Å². The van der Waals surface area contributed by atoms with E-state index in [4.69, 9.17) is 0 Å². The Morgan fingerprint density at radius 3 is 2.79 bits per heavy atom. The summed E-state index contributed by atoms with van der Waals surface area (Å²) >= 11 is 0. The second kappa shape index (κ2) is 6.16. The maximum atomic E-state index is 4.45. The molecule has 0 aliphatic rings. The van der Waals surface area contributed by atoms with Crippen molar-refractivity contribution in [1.82, 2.24) is 10.3 Å². The van der Waals surface area contributed by atoms with Gasteiger partial charge in [0.15, 0.2) is 0 Å². The van der Waals surface area contributed by atoms with Crippen molar-refractivity contribution in [1.29, 1.82) is 0 Å². The average molecular weight is 256 g/mol. The van der Waals surface area contributed by atoms with Gasteiger partial charge in [0, 0.05) is 11.6 Å². The van der Waals surface area contributed by atoms with Gasteiger partial charge in [-0.2, -0.15) is 0 Å². The number of rotatable bonds is 6. The van der Waals surface area contributed by atoms with Crippen molar-refractivity contribution >= 4 is 10.9 Å². The van der Waals surface area contributed by atoms with Gasteiger partial charge >= 0.3 is 0 Å². The lowest BCUT2D eigenvalue weighted by molar-refractivity contribution is 0.457. The highest BCUT2D eigenvalue weighted by molar-refractivity contribution is 5.79. The van der Waals surface area contributed by atoms with E-state index in [1.165, 1.54) is 17.4 Å². The molecule has 0 bridgehead atoms. The zero-order valence-corrected chi connectivity index (χ0v) is 12.2. The van der Waals surface area contributed by atoms with E-state index in [1.54, 1.807) is 0 Å². The van der Waals surface area contributed by atoms with Crippen LogP contribution < -0.4 is 5.32 Å². The molecule has 0 fully saturated rings. The minimum absolute atomic E-state index is 0.187. The lowest BCUT2D eigenvalue weighted by atomic mass is 9.81. The maximum Gasteiger partial charge on any atom is 0.0704 e. The van der Waals surface area contributed by atoms with Crippen LogP contribution in [0.4, 0.5) is 0 Å². The van der Waals surface area contributed by atoms with E-state index < -0.39 is 0 Å². The molecule has 0 saturated heterocycles. The van der Waals surface area contributed by atoms with Crippen LogP contribution in [0.1, 0.15) is 39.2 Å².